The lowest BCUT2D eigenvalue weighted by Gasteiger charge is -2.38. The third-order valence-corrected chi connectivity index (χ3v) is 4.02. The van der Waals surface area contributed by atoms with Crippen molar-refractivity contribution in [1.29, 1.82) is 0 Å². The van der Waals surface area contributed by atoms with Crippen LogP contribution >= 0.6 is 0 Å². The van der Waals surface area contributed by atoms with Gasteiger partial charge in [-0.15, -0.1) is 0 Å². The van der Waals surface area contributed by atoms with E-state index in [4.69, 9.17) is 0 Å². The van der Waals surface area contributed by atoms with Crippen molar-refractivity contribution in [2.75, 3.05) is 31.1 Å². The topological polar surface area (TPSA) is 61.4 Å². The van der Waals surface area contributed by atoms with E-state index in [0.29, 0.717) is 0 Å². The molecule has 2 rings (SSSR count). The Kier molecular flexibility index (Phi) is 5.24. The minimum Gasteiger partial charge on any atom is -0.354 e. The van der Waals surface area contributed by atoms with Crippen LogP contribution < -0.4 is 10.2 Å². The first-order valence-electron chi connectivity index (χ1n) is 8.29. The van der Waals surface area contributed by atoms with Gasteiger partial charge >= 0.3 is 0 Å². The summed E-state index contributed by atoms with van der Waals surface area (Å²) >= 11 is 0. The van der Waals surface area contributed by atoms with Crippen LogP contribution in [-0.2, 0) is 4.79 Å². The van der Waals surface area contributed by atoms with Crippen LogP contribution in [0, 0.1) is 13.8 Å². The quantitative estimate of drug-likeness (QED) is 0.915. The summed E-state index contributed by atoms with van der Waals surface area (Å²) in [7, 11) is 0. The van der Waals surface area contributed by atoms with Crippen molar-refractivity contribution in [2.24, 2.45) is 0 Å². The van der Waals surface area contributed by atoms with Gasteiger partial charge in [-0.25, -0.2) is 9.97 Å². The molecule has 1 fully saturated rings. The van der Waals surface area contributed by atoms with E-state index >= 15 is 0 Å². The number of aromatic nitrogens is 2. The van der Waals surface area contributed by atoms with Gasteiger partial charge in [-0.05, 0) is 41.5 Å². The molecule has 2 heterocycles. The van der Waals surface area contributed by atoms with E-state index in [1.54, 1.807) is 0 Å². The van der Waals surface area contributed by atoms with Gasteiger partial charge in [-0.1, -0.05) is 0 Å². The average molecular weight is 319 g/mol. The maximum Gasteiger partial charge on any atom is 0.237 e. The van der Waals surface area contributed by atoms with Crippen LogP contribution in [0.25, 0.3) is 0 Å². The Balaban J connectivity index is 1.94. The summed E-state index contributed by atoms with van der Waals surface area (Å²) in [6, 6.07) is 1.92. The monoisotopic (exact) mass is 319 g/mol. The highest BCUT2D eigenvalue weighted by molar-refractivity contribution is 5.82. The van der Waals surface area contributed by atoms with Crippen molar-refractivity contribution in [3.8, 4) is 0 Å². The SMILES string of the molecule is Cc1cc(N2CCN(C(C)C(=O)NC(C)(C)C)CC2)nc(C)n1. The number of rotatable bonds is 3. The van der Waals surface area contributed by atoms with Crippen molar-refractivity contribution in [3.05, 3.63) is 17.6 Å². The molecule has 6 heteroatoms. The minimum atomic E-state index is -0.191. The van der Waals surface area contributed by atoms with Crippen LogP contribution in [0.1, 0.15) is 39.2 Å². The molecular weight excluding hydrogens is 290 g/mol. The number of carbonyl (C=O) groups is 1. The molecule has 1 unspecified atom stereocenters. The highest BCUT2D eigenvalue weighted by Gasteiger charge is 2.28. The second-order valence-electron chi connectivity index (χ2n) is 7.35. The largest absolute Gasteiger partial charge is 0.354 e. The van der Waals surface area contributed by atoms with Crippen LogP contribution in [0.5, 0.6) is 0 Å². The summed E-state index contributed by atoms with van der Waals surface area (Å²) in [4.78, 5) is 25.7. The molecule has 1 aliphatic heterocycles. The smallest absolute Gasteiger partial charge is 0.237 e. The average Bonchev–Trinajstić information content (AvgIpc) is 2.44. The Labute approximate surface area is 139 Å². The van der Waals surface area contributed by atoms with E-state index < -0.39 is 0 Å². The summed E-state index contributed by atoms with van der Waals surface area (Å²) < 4.78 is 0. The van der Waals surface area contributed by atoms with Gasteiger partial charge in [0.05, 0.1) is 6.04 Å². The van der Waals surface area contributed by atoms with E-state index in [9.17, 15) is 4.79 Å². The molecule has 0 aromatic carbocycles. The van der Waals surface area contributed by atoms with Crippen LogP contribution in [0.3, 0.4) is 0 Å². The van der Waals surface area contributed by atoms with Crippen molar-refractivity contribution < 1.29 is 4.79 Å². The number of nitrogens with zero attached hydrogens (tertiary/aromatic N) is 4. The maximum atomic E-state index is 12.3. The zero-order chi connectivity index (χ0) is 17.2. The Hall–Kier alpha value is -1.69. The van der Waals surface area contributed by atoms with E-state index in [2.05, 4.69) is 25.1 Å². The highest BCUT2D eigenvalue weighted by atomic mass is 16.2. The fourth-order valence-electron chi connectivity index (χ4n) is 2.84. The molecule has 1 aromatic rings. The standard InChI is InChI=1S/C17H29N5O/c1-12-11-15(19-14(3)18-12)22-9-7-21(8-10-22)13(2)16(23)20-17(4,5)6/h11,13H,7-10H2,1-6H3,(H,20,23). The molecule has 0 saturated carbocycles. The van der Waals surface area contributed by atoms with Gasteiger partial charge in [0, 0.05) is 43.5 Å². The molecular formula is C17H29N5O. The molecule has 1 aliphatic rings. The van der Waals surface area contributed by atoms with E-state index in [1.165, 1.54) is 0 Å². The number of aryl methyl sites for hydroxylation is 2. The summed E-state index contributed by atoms with van der Waals surface area (Å²) in [5.74, 6) is 1.89. The number of amides is 1. The van der Waals surface area contributed by atoms with E-state index in [0.717, 1.165) is 43.5 Å². The Morgan fingerprint density at radius 1 is 1.17 bits per heavy atom. The van der Waals surface area contributed by atoms with Gasteiger partial charge in [0.15, 0.2) is 0 Å². The number of hydrogen-bond donors (Lipinski definition) is 1. The first kappa shape index (κ1) is 17.7. The second kappa shape index (κ2) is 6.83. The Morgan fingerprint density at radius 2 is 1.78 bits per heavy atom. The molecule has 1 atom stereocenters. The summed E-state index contributed by atoms with van der Waals surface area (Å²) in [6.07, 6.45) is 0. The number of carbonyl (C=O) groups excluding carboxylic acids is 1. The first-order chi connectivity index (χ1) is 10.7. The van der Waals surface area contributed by atoms with Crippen LogP contribution in [0.15, 0.2) is 6.07 Å². The first-order valence-corrected chi connectivity index (χ1v) is 8.29. The predicted molar refractivity (Wildman–Crippen MR) is 92.6 cm³/mol. The Morgan fingerprint density at radius 3 is 2.30 bits per heavy atom. The molecule has 1 saturated heterocycles. The zero-order valence-corrected chi connectivity index (χ0v) is 15.2. The molecule has 0 aliphatic carbocycles. The van der Waals surface area contributed by atoms with Crippen LogP contribution in [-0.4, -0.2) is 58.5 Å². The van der Waals surface area contributed by atoms with Crippen molar-refractivity contribution in [2.45, 2.75) is 53.1 Å². The van der Waals surface area contributed by atoms with E-state index in [-0.39, 0.29) is 17.5 Å². The fraction of sp³-hybridized carbons (Fsp3) is 0.706. The van der Waals surface area contributed by atoms with Gasteiger partial charge in [-0.3, -0.25) is 9.69 Å². The van der Waals surface area contributed by atoms with Gasteiger partial charge in [0.2, 0.25) is 5.91 Å². The lowest BCUT2D eigenvalue weighted by Crippen LogP contribution is -2.56. The number of nitrogens with one attached hydrogen (secondary N) is 1. The van der Waals surface area contributed by atoms with Gasteiger partial charge in [0.1, 0.15) is 11.6 Å². The molecule has 1 N–H and O–H groups in total. The normalized spacial score (nSPS) is 17.9. The summed E-state index contributed by atoms with van der Waals surface area (Å²) in [6.45, 7) is 15.4. The molecule has 0 bridgehead atoms. The second-order valence-corrected chi connectivity index (χ2v) is 7.35. The van der Waals surface area contributed by atoms with Crippen LogP contribution in [0.2, 0.25) is 0 Å². The summed E-state index contributed by atoms with van der Waals surface area (Å²) in [5, 5.41) is 3.06. The maximum absolute atomic E-state index is 12.3. The highest BCUT2D eigenvalue weighted by Crippen LogP contribution is 2.16. The molecule has 0 radical (unpaired) electrons. The third kappa shape index (κ3) is 4.89. The molecule has 6 nitrogen and oxygen atoms in total. The fourth-order valence-corrected chi connectivity index (χ4v) is 2.84. The predicted octanol–water partition coefficient (Wildman–Crippen LogP) is 1.52. The zero-order valence-electron chi connectivity index (χ0n) is 15.2. The third-order valence-electron chi connectivity index (χ3n) is 4.02. The molecule has 23 heavy (non-hydrogen) atoms. The Bertz CT molecular complexity index is 538. The van der Waals surface area contributed by atoms with Gasteiger partial charge < -0.3 is 10.2 Å². The molecule has 1 aromatic heterocycles. The van der Waals surface area contributed by atoms with Gasteiger partial charge in [0.25, 0.3) is 0 Å². The molecule has 1 amide bonds. The number of piperazine rings is 1. The number of hydrogen-bond acceptors (Lipinski definition) is 5. The molecule has 0 spiro atoms. The van der Waals surface area contributed by atoms with Crippen LogP contribution in [0.4, 0.5) is 5.82 Å². The lowest BCUT2D eigenvalue weighted by molar-refractivity contribution is -0.127. The van der Waals surface area contributed by atoms with Crippen molar-refractivity contribution in [3.63, 3.8) is 0 Å². The van der Waals surface area contributed by atoms with Crippen molar-refractivity contribution >= 4 is 11.7 Å². The van der Waals surface area contributed by atoms with Gasteiger partial charge in [-0.2, -0.15) is 0 Å². The van der Waals surface area contributed by atoms with E-state index in [1.807, 2.05) is 47.6 Å². The lowest BCUT2D eigenvalue weighted by atomic mass is 10.1. The van der Waals surface area contributed by atoms with Crippen molar-refractivity contribution in [1.82, 2.24) is 20.2 Å². The summed E-state index contributed by atoms with van der Waals surface area (Å²) in [5.41, 5.74) is 0.802. The minimum absolute atomic E-state index is 0.0969. The molecule has 128 valence electrons. The number of anilines is 1.